The van der Waals surface area contributed by atoms with Crippen LogP contribution in [0.15, 0.2) is 40.9 Å². The third-order valence-corrected chi connectivity index (χ3v) is 3.12. The van der Waals surface area contributed by atoms with Gasteiger partial charge in [0, 0.05) is 16.1 Å². The summed E-state index contributed by atoms with van der Waals surface area (Å²) < 4.78 is 27.1. The average molecular weight is 347 g/mol. The molecule has 19 heavy (non-hydrogen) atoms. The summed E-state index contributed by atoms with van der Waals surface area (Å²) >= 11 is 8.92. The molecule has 2 nitrogen and oxygen atoms in total. The van der Waals surface area contributed by atoms with Gasteiger partial charge in [-0.3, -0.25) is 4.79 Å². The Balaban J connectivity index is 2.29. The zero-order valence-electron chi connectivity index (χ0n) is 9.38. The fourth-order valence-corrected chi connectivity index (χ4v) is 2.12. The van der Waals surface area contributed by atoms with Crippen LogP contribution in [0.4, 0.5) is 14.5 Å². The van der Waals surface area contributed by atoms with Gasteiger partial charge in [-0.25, -0.2) is 8.78 Å². The Labute approximate surface area is 121 Å². The second-order valence-electron chi connectivity index (χ2n) is 3.71. The third kappa shape index (κ3) is 3.30. The first kappa shape index (κ1) is 14.0. The van der Waals surface area contributed by atoms with E-state index >= 15 is 0 Å². The highest BCUT2D eigenvalue weighted by Gasteiger charge is 2.14. The van der Waals surface area contributed by atoms with Crippen molar-refractivity contribution in [3.8, 4) is 0 Å². The molecular weight excluding hydrogens is 340 g/mol. The molecule has 2 aromatic carbocycles. The van der Waals surface area contributed by atoms with Crippen molar-refractivity contribution in [2.24, 2.45) is 0 Å². The van der Waals surface area contributed by atoms with Crippen molar-refractivity contribution in [2.75, 3.05) is 5.32 Å². The Kier molecular flexibility index (Phi) is 4.17. The molecule has 0 fully saturated rings. The SMILES string of the molecule is O=C(Nc1c(F)cc(F)cc1Cl)c1cccc(Br)c1. The lowest BCUT2D eigenvalue weighted by atomic mass is 10.2. The van der Waals surface area contributed by atoms with Gasteiger partial charge >= 0.3 is 0 Å². The van der Waals surface area contributed by atoms with Gasteiger partial charge in [0.1, 0.15) is 5.82 Å². The first-order valence-electron chi connectivity index (χ1n) is 5.19. The van der Waals surface area contributed by atoms with Crippen LogP contribution in [0.25, 0.3) is 0 Å². The normalized spacial score (nSPS) is 10.3. The van der Waals surface area contributed by atoms with E-state index in [2.05, 4.69) is 21.2 Å². The standard InChI is InChI=1S/C13H7BrClF2NO/c14-8-3-1-2-7(4-8)13(19)18-12-10(15)5-9(16)6-11(12)17/h1-6H,(H,18,19). The number of anilines is 1. The van der Waals surface area contributed by atoms with Gasteiger partial charge in [-0.15, -0.1) is 0 Å². The number of benzene rings is 2. The lowest BCUT2D eigenvalue weighted by Crippen LogP contribution is -2.13. The number of carbonyl (C=O) groups is 1. The Morgan fingerprint density at radius 1 is 1.21 bits per heavy atom. The van der Waals surface area contributed by atoms with Crippen LogP contribution in [-0.2, 0) is 0 Å². The van der Waals surface area contributed by atoms with Crippen LogP contribution >= 0.6 is 27.5 Å². The number of carbonyl (C=O) groups excluding carboxylic acids is 1. The van der Waals surface area contributed by atoms with E-state index < -0.39 is 17.5 Å². The van der Waals surface area contributed by atoms with Crippen LogP contribution in [0.5, 0.6) is 0 Å². The van der Waals surface area contributed by atoms with Crippen LogP contribution in [0.1, 0.15) is 10.4 Å². The average Bonchev–Trinajstić information content (AvgIpc) is 2.33. The molecule has 0 saturated carbocycles. The number of nitrogens with one attached hydrogen (secondary N) is 1. The van der Waals surface area contributed by atoms with Gasteiger partial charge in [0.15, 0.2) is 5.82 Å². The molecule has 98 valence electrons. The first-order chi connectivity index (χ1) is 8.97. The Bertz CT molecular complexity index is 625. The third-order valence-electron chi connectivity index (χ3n) is 2.33. The van der Waals surface area contributed by atoms with Gasteiger partial charge < -0.3 is 5.32 Å². The largest absolute Gasteiger partial charge is 0.318 e. The van der Waals surface area contributed by atoms with Crippen molar-refractivity contribution in [3.05, 3.63) is 63.1 Å². The van der Waals surface area contributed by atoms with Gasteiger partial charge in [-0.2, -0.15) is 0 Å². The molecule has 1 N–H and O–H groups in total. The molecule has 0 aromatic heterocycles. The number of hydrogen-bond donors (Lipinski definition) is 1. The molecule has 0 atom stereocenters. The molecule has 0 spiro atoms. The summed E-state index contributed by atoms with van der Waals surface area (Å²) in [6.07, 6.45) is 0. The summed E-state index contributed by atoms with van der Waals surface area (Å²) in [7, 11) is 0. The van der Waals surface area contributed by atoms with Crippen LogP contribution in [0.2, 0.25) is 5.02 Å². The lowest BCUT2D eigenvalue weighted by molar-refractivity contribution is 0.102. The van der Waals surface area contributed by atoms with Crippen LogP contribution in [0.3, 0.4) is 0 Å². The summed E-state index contributed by atoms with van der Waals surface area (Å²) in [6.45, 7) is 0. The molecule has 0 aliphatic heterocycles. The Morgan fingerprint density at radius 2 is 1.95 bits per heavy atom. The van der Waals surface area contributed by atoms with E-state index in [9.17, 15) is 13.6 Å². The van der Waals surface area contributed by atoms with Crippen molar-refractivity contribution in [3.63, 3.8) is 0 Å². The topological polar surface area (TPSA) is 29.1 Å². The zero-order chi connectivity index (χ0) is 14.0. The minimum atomic E-state index is -0.923. The smallest absolute Gasteiger partial charge is 0.255 e. The maximum Gasteiger partial charge on any atom is 0.255 e. The lowest BCUT2D eigenvalue weighted by Gasteiger charge is -2.08. The van der Waals surface area contributed by atoms with Crippen molar-refractivity contribution < 1.29 is 13.6 Å². The molecule has 0 heterocycles. The monoisotopic (exact) mass is 345 g/mol. The highest BCUT2D eigenvalue weighted by Crippen LogP contribution is 2.27. The van der Waals surface area contributed by atoms with E-state index in [1.807, 2.05) is 0 Å². The van der Waals surface area contributed by atoms with E-state index in [0.717, 1.165) is 6.07 Å². The van der Waals surface area contributed by atoms with Gasteiger partial charge in [0.2, 0.25) is 0 Å². The molecule has 1 amide bonds. The number of rotatable bonds is 2. The fraction of sp³-hybridized carbons (Fsp3) is 0. The minimum Gasteiger partial charge on any atom is -0.318 e. The van der Waals surface area contributed by atoms with Gasteiger partial charge in [-0.1, -0.05) is 33.6 Å². The summed E-state index contributed by atoms with van der Waals surface area (Å²) in [6, 6.07) is 8.15. The highest BCUT2D eigenvalue weighted by molar-refractivity contribution is 9.10. The number of amides is 1. The van der Waals surface area contributed by atoms with Crippen molar-refractivity contribution in [1.82, 2.24) is 0 Å². The molecule has 0 aliphatic rings. The number of hydrogen-bond acceptors (Lipinski definition) is 1. The van der Waals surface area contributed by atoms with E-state index in [0.29, 0.717) is 16.1 Å². The second kappa shape index (κ2) is 5.67. The fourth-order valence-electron chi connectivity index (χ4n) is 1.48. The molecule has 6 heteroatoms. The molecule has 2 rings (SSSR count). The molecule has 2 aromatic rings. The maximum atomic E-state index is 13.5. The Morgan fingerprint density at radius 3 is 2.58 bits per heavy atom. The predicted molar refractivity (Wildman–Crippen MR) is 73.5 cm³/mol. The maximum absolute atomic E-state index is 13.5. The highest BCUT2D eigenvalue weighted by atomic mass is 79.9. The number of halogens is 4. The Hall–Kier alpha value is -1.46. The van der Waals surface area contributed by atoms with Crippen molar-refractivity contribution in [1.29, 1.82) is 0 Å². The summed E-state index contributed by atoms with van der Waals surface area (Å²) in [5, 5.41) is 2.12. The summed E-state index contributed by atoms with van der Waals surface area (Å²) in [4.78, 5) is 11.9. The van der Waals surface area contributed by atoms with Gasteiger partial charge in [-0.05, 0) is 24.3 Å². The van der Waals surface area contributed by atoms with Crippen molar-refractivity contribution >= 4 is 39.1 Å². The second-order valence-corrected chi connectivity index (χ2v) is 5.03. The van der Waals surface area contributed by atoms with Crippen LogP contribution < -0.4 is 5.32 Å². The molecule has 0 radical (unpaired) electrons. The molecule has 0 bridgehead atoms. The zero-order valence-corrected chi connectivity index (χ0v) is 11.7. The van der Waals surface area contributed by atoms with E-state index in [4.69, 9.17) is 11.6 Å². The van der Waals surface area contributed by atoms with E-state index in [1.54, 1.807) is 24.3 Å². The summed E-state index contributed by atoms with van der Waals surface area (Å²) in [5.74, 6) is -2.26. The first-order valence-corrected chi connectivity index (χ1v) is 6.36. The quantitative estimate of drug-likeness (QED) is 0.844. The van der Waals surface area contributed by atoms with Crippen molar-refractivity contribution in [2.45, 2.75) is 0 Å². The van der Waals surface area contributed by atoms with Gasteiger partial charge in [0.25, 0.3) is 5.91 Å². The van der Waals surface area contributed by atoms with Crippen LogP contribution in [-0.4, -0.2) is 5.91 Å². The molecule has 0 unspecified atom stereocenters. The predicted octanol–water partition coefficient (Wildman–Crippen LogP) is 4.63. The van der Waals surface area contributed by atoms with E-state index in [1.165, 1.54) is 0 Å². The minimum absolute atomic E-state index is 0.194. The molecule has 0 aliphatic carbocycles. The van der Waals surface area contributed by atoms with Crippen LogP contribution in [0, 0.1) is 11.6 Å². The molecular formula is C13H7BrClF2NO. The molecule has 0 saturated heterocycles. The summed E-state index contributed by atoms with van der Waals surface area (Å²) in [5.41, 5.74) is 0.0854. The van der Waals surface area contributed by atoms with E-state index in [-0.39, 0.29) is 10.7 Å². The van der Waals surface area contributed by atoms with Gasteiger partial charge in [0.05, 0.1) is 10.7 Å².